The van der Waals surface area contributed by atoms with Crippen LogP contribution in [0.2, 0.25) is 0 Å². The van der Waals surface area contributed by atoms with Crippen molar-refractivity contribution in [3.63, 3.8) is 0 Å². The largest absolute Gasteiger partial charge is 0.486 e. The van der Waals surface area contributed by atoms with Crippen LogP contribution in [0.3, 0.4) is 0 Å². The summed E-state index contributed by atoms with van der Waals surface area (Å²) in [6, 6.07) is 24.6. The number of hydrogen-bond acceptors (Lipinski definition) is 6. The third-order valence-corrected chi connectivity index (χ3v) is 6.54. The Kier molecular flexibility index (Phi) is 5.64. The Morgan fingerprint density at radius 3 is 2.83 bits per heavy atom. The van der Waals surface area contributed by atoms with Crippen molar-refractivity contribution in [3.8, 4) is 11.8 Å². The third kappa shape index (κ3) is 4.19. The maximum absolute atomic E-state index is 9.78. The van der Waals surface area contributed by atoms with Crippen LogP contribution in [0.15, 0.2) is 79.1 Å². The molecule has 1 fully saturated rings. The summed E-state index contributed by atoms with van der Waals surface area (Å²) in [4.78, 5) is 4.49. The van der Waals surface area contributed by atoms with Gasteiger partial charge in [0, 0.05) is 53.4 Å². The predicted molar refractivity (Wildman–Crippen MR) is 141 cm³/mol. The molecule has 6 rings (SSSR count). The number of nitriles is 1. The molecular weight excluding hydrogens is 450 g/mol. The average molecular weight is 476 g/mol. The summed E-state index contributed by atoms with van der Waals surface area (Å²) in [5, 5.41) is 15.1. The Morgan fingerprint density at radius 2 is 2.03 bits per heavy atom. The fourth-order valence-corrected chi connectivity index (χ4v) is 4.68. The summed E-state index contributed by atoms with van der Waals surface area (Å²) in [6.45, 7) is 2.05. The second-order valence-corrected chi connectivity index (χ2v) is 9.00. The number of nitrogens with two attached hydrogens (primary N) is 1. The van der Waals surface area contributed by atoms with E-state index in [1.54, 1.807) is 6.20 Å². The molecule has 3 N–H and O–H groups in total. The van der Waals surface area contributed by atoms with Gasteiger partial charge in [-0.2, -0.15) is 5.26 Å². The van der Waals surface area contributed by atoms with E-state index in [4.69, 9.17) is 15.2 Å². The minimum absolute atomic E-state index is 0.0124. The Morgan fingerprint density at radius 1 is 1.14 bits per heavy atom. The summed E-state index contributed by atoms with van der Waals surface area (Å²) < 4.78 is 13.7. The van der Waals surface area contributed by atoms with Crippen LogP contribution >= 0.6 is 0 Å². The molecule has 1 atom stereocenters. The van der Waals surface area contributed by atoms with Gasteiger partial charge in [-0.1, -0.05) is 30.3 Å². The van der Waals surface area contributed by atoms with E-state index in [1.165, 1.54) is 5.56 Å². The fourth-order valence-electron chi connectivity index (χ4n) is 4.68. The van der Waals surface area contributed by atoms with E-state index >= 15 is 0 Å². The number of fused-ring (bicyclic) bond motifs is 2. The molecule has 3 heterocycles. The second-order valence-electron chi connectivity index (χ2n) is 9.00. The zero-order chi connectivity index (χ0) is 24.5. The Bertz CT molecular complexity index is 1600. The van der Waals surface area contributed by atoms with Crippen LogP contribution in [0.1, 0.15) is 17.5 Å². The van der Waals surface area contributed by atoms with Gasteiger partial charge in [0.15, 0.2) is 0 Å². The van der Waals surface area contributed by atoms with Crippen LogP contribution in [-0.4, -0.2) is 28.9 Å². The first-order valence-corrected chi connectivity index (χ1v) is 11.9. The molecule has 5 aromatic rings. The molecule has 0 aliphatic carbocycles. The van der Waals surface area contributed by atoms with Crippen LogP contribution in [0, 0.1) is 11.3 Å². The van der Waals surface area contributed by atoms with Crippen LogP contribution in [0.5, 0.6) is 5.75 Å². The summed E-state index contributed by atoms with van der Waals surface area (Å²) >= 11 is 0. The monoisotopic (exact) mass is 475 g/mol. The molecule has 7 nitrogen and oxygen atoms in total. The van der Waals surface area contributed by atoms with Gasteiger partial charge in [0.25, 0.3) is 0 Å². The van der Waals surface area contributed by atoms with Crippen molar-refractivity contribution in [1.29, 1.82) is 5.26 Å². The van der Waals surface area contributed by atoms with Crippen LogP contribution < -0.4 is 15.8 Å². The lowest BCUT2D eigenvalue weighted by Gasteiger charge is -2.17. The van der Waals surface area contributed by atoms with E-state index in [1.807, 2.05) is 24.3 Å². The van der Waals surface area contributed by atoms with E-state index in [0.29, 0.717) is 41.4 Å². The quantitative estimate of drug-likeness (QED) is 0.310. The first-order chi connectivity index (χ1) is 17.7. The van der Waals surface area contributed by atoms with Crippen LogP contribution in [-0.2, 0) is 11.3 Å². The Balaban J connectivity index is 1.33. The minimum atomic E-state index is -0.0124. The normalized spacial score (nSPS) is 15.2. The molecule has 1 saturated heterocycles. The summed E-state index contributed by atoms with van der Waals surface area (Å²) in [5.41, 5.74) is 12.0. The zero-order valence-electron chi connectivity index (χ0n) is 19.6. The molecule has 0 saturated carbocycles. The average Bonchev–Trinajstić information content (AvgIpc) is 3.56. The van der Waals surface area contributed by atoms with E-state index in [-0.39, 0.29) is 6.10 Å². The number of nitrogens with zero attached hydrogens (tertiary/aromatic N) is 3. The molecule has 178 valence electrons. The zero-order valence-corrected chi connectivity index (χ0v) is 19.6. The van der Waals surface area contributed by atoms with Gasteiger partial charge in [-0.15, -0.1) is 0 Å². The van der Waals surface area contributed by atoms with E-state index < -0.39 is 0 Å². The Labute approximate surface area is 208 Å². The molecule has 1 aliphatic rings. The highest BCUT2D eigenvalue weighted by atomic mass is 16.5. The number of nitrogens with one attached hydrogen (secondary N) is 1. The molecule has 3 aromatic carbocycles. The highest BCUT2D eigenvalue weighted by Crippen LogP contribution is 2.36. The van der Waals surface area contributed by atoms with Crippen molar-refractivity contribution in [2.24, 2.45) is 0 Å². The smallest absolute Gasteiger partial charge is 0.144 e. The van der Waals surface area contributed by atoms with Gasteiger partial charge >= 0.3 is 0 Å². The number of hydrogen-bond donors (Lipinski definition) is 2. The molecule has 2 aromatic heterocycles. The number of rotatable bonds is 6. The van der Waals surface area contributed by atoms with Crippen molar-refractivity contribution in [3.05, 3.63) is 90.3 Å². The summed E-state index contributed by atoms with van der Waals surface area (Å²) in [7, 11) is 0. The second kappa shape index (κ2) is 9.25. The first-order valence-electron chi connectivity index (χ1n) is 11.9. The van der Waals surface area contributed by atoms with Gasteiger partial charge in [-0.25, -0.2) is 0 Å². The van der Waals surface area contributed by atoms with E-state index in [9.17, 15) is 5.26 Å². The van der Waals surface area contributed by atoms with Crippen LogP contribution in [0.25, 0.3) is 21.8 Å². The van der Waals surface area contributed by atoms with E-state index in [0.717, 1.165) is 34.9 Å². The molecular formula is C29H25N5O2. The van der Waals surface area contributed by atoms with Crippen molar-refractivity contribution in [2.45, 2.75) is 19.1 Å². The number of pyridine rings is 1. The lowest BCUT2D eigenvalue weighted by Crippen LogP contribution is -2.16. The van der Waals surface area contributed by atoms with Crippen molar-refractivity contribution in [2.75, 3.05) is 24.3 Å². The molecule has 0 bridgehead atoms. The van der Waals surface area contributed by atoms with Crippen molar-refractivity contribution < 1.29 is 9.47 Å². The van der Waals surface area contributed by atoms with Gasteiger partial charge in [-0.3, -0.25) is 4.98 Å². The van der Waals surface area contributed by atoms with Gasteiger partial charge in [0.1, 0.15) is 17.9 Å². The molecule has 1 unspecified atom stereocenters. The lowest BCUT2D eigenvalue weighted by atomic mass is 10.1. The van der Waals surface area contributed by atoms with Gasteiger partial charge < -0.3 is 25.1 Å². The number of anilines is 3. The van der Waals surface area contributed by atoms with Crippen molar-refractivity contribution in [1.82, 2.24) is 9.55 Å². The highest BCUT2D eigenvalue weighted by molar-refractivity contribution is 5.99. The minimum Gasteiger partial charge on any atom is -0.486 e. The van der Waals surface area contributed by atoms with E-state index in [2.05, 4.69) is 69.6 Å². The van der Waals surface area contributed by atoms with Crippen molar-refractivity contribution >= 4 is 38.9 Å². The van der Waals surface area contributed by atoms with Crippen LogP contribution in [0.4, 0.5) is 17.1 Å². The lowest BCUT2D eigenvalue weighted by molar-refractivity contribution is 0.142. The molecule has 36 heavy (non-hydrogen) atoms. The molecule has 0 radical (unpaired) electrons. The summed E-state index contributed by atoms with van der Waals surface area (Å²) in [6.07, 6.45) is 4.50. The number of ether oxygens (including phenoxy) is 2. The van der Waals surface area contributed by atoms with Gasteiger partial charge in [-0.05, 0) is 35.9 Å². The summed E-state index contributed by atoms with van der Waals surface area (Å²) in [5.74, 6) is 0.585. The third-order valence-electron chi connectivity index (χ3n) is 6.54. The standard InChI is InChI=1S/C29H25N5O2/c30-15-21-16-32-26-14-28(36-23-9-11-35-18-23)25(31)13-24(26)29(21)33-22-6-7-27-20(12-22)8-10-34(27)17-19-4-2-1-3-5-19/h1-8,10,12-14,16,23H,9,11,17-18,31H2,(H,32,33). The molecule has 1 aliphatic heterocycles. The number of aromatic nitrogens is 2. The Hall–Kier alpha value is -4.54. The van der Waals surface area contributed by atoms with Gasteiger partial charge in [0.2, 0.25) is 0 Å². The molecule has 0 amide bonds. The highest BCUT2D eigenvalue weighted by Gasteiger charge is 2.20. The SMILES string of the molecule is N#Cc1cnc2cc(OC3CCOC3)c(N)cc2c1Nc1ccc2c(ccn2Cc2ccccc2)c1. The predicted octanol–water partition coefficient (Wildman–Crippen LogP) is 5.60. The maximum Gasteiger partial charge on any atom is 0.144 e. The maximum atomic E-state index is 9.78. The number of benzene rings is 3. The number of nitrogen functional groups attached to an aromatic ring is 1. The first kappa shape index (κ1) is 22.0. The molecule has 7 heteroatoms. The van der Waals surface area contributed by atoms with Gasteiger partial charge in [0.05, 0.1) is 35.7 Å². The molecule has 0 spiro atoms. The fraction of sp³-hybridized carbons (Fsp3) is 0.172. The topological polar surface area (TPSA) is 98.1 Å².